The smallest absolute Gasteiger partial charge is 0.407 e. The van der Waals surface area contributed by atoms with E-state index in [1.54, 1.807) is 13.3 Å². The fraction of sp³-hybridized carbons (Fsp3) is 0.522. The van der Waals surface area contributed by atoms with Crippen LogP contribution in [-0.4, -0.2) is 36.2 Å². The zero-order valence-corrected chi connectivity index (χ0v) is 18.2. The maximum atomic E-state index is 13.0. The van der Waals surface area contributed by atoms with Gasteiger partial charge in [0.25, 0.3) is 0 Å². The number of amides is 2. The highest BCUT2D eigenvalue weighted by Crippen LogP contribution is 2.31. The largest absolute Gasteiger partial charge is 0.495 e. The number of methoxy groups -OCH3 is 1. The zero-order valence-electron chi connectivity index (χ0n) is 18.2. The van der Waals surface area contributed by atoms with Crippen molar-refractivity contribution in [1.29, 1.82) is 0 Å². The van der Waals surface area contributed by atoms with Crippen molar-refractivity contribution in [3.8, 4) is 5.75 Å². The number of alkyl carbamates (subject to hydrolysis) is 1. The van der Waals surface area contributed by atoms with Crippen LogP contribution >= 0.6 is 0 Å². The summed E-state index contributed by atoms with van der Waals surface area (Å²) in [5.74, 6) is 0.830. The molecule has 1 aromatic heterocycles. The molecule has 2 amide bonds. The van der Waals surface area contributed by atoms with Gasteiger partial charge in [-0.15, -0.1) is 0 Å². The summed E-state index contributed by atoms with van der Waals surface area (Å²) in [5.41, 5.74) is 1.02. The maximum absolute atomic E-state index is 13.0. The van der Waals surface area contributed by atoms with Crippen LogP contribution in [0.15, 0.2) is 30.5 Å². The molecule has 0 radical (unpaired) electrons. The molecule has 0 bridgehead atoms. The fourth-order valence-corrected chi connectivity index (χ4v) is 3.84. The Hall–Kier alpha value is -2.83. The van der Waals surface area contributed by atoms with Crippen molar-refractivity contribution in [2.75, 3.05) is 19.0 Å². The van der Waals surface area contributed by atoms with Gasteiger partial charge in [-0.2, -0.15) is 0 Å². The molecule has 1 aliphatic carbocycles. The Morgan fingerprint density at radius 1 is 1.23 bits per heavy atom. The lowest BCUT2D eigenvalue weighted by atomic mass is 9.81. The SMILES string of the molecule is COc1cnc2cccc(NC(=O)C3CCCC(CNC(=O)OC(C)(C)C)C3)c2c1. The first-order valence-corrected chi connectivity index (χ1v) is 10.5. The summed E-state index contributed by atoms with van der Waals surface area (Å²) in [4.78, 5) is 29.3. The molecule has 2 aromatic rings. The highest BCUT2D eigenvalue weighted by Gasteiger charge is 2.28. The molecule has 162 valence electrons. The van der Waals surface area contributed by atoms with E-state index in [0.717, 1.165) is 42.3 Å². The second kappa shape index (κ2) is 9.32. The van der Waals surface area contributed by atoms with Crippen molar-refractivity contribution in [3.63, 3.8) is 0 Å². The highest BCUT2D eigenvalue weighted by atomic mass is 16.6. The molecular weight excluding hydrogens is 382 g/mol. The van der Waals surface area contributed by atoms with E-state index in [0.29, 0.717) is 12.3 Å². The second-order valence-electron chi connectivity index (χ2n) is 8.85. The molecule has 1 aliphatic rings. The minimum Gasteiger partial charge on any atom is -0.495 e. The first-order valence-electron chi connectivity index (χ1n) is 10.5. The molecule has 1 fully saturated rings. The number of aromatic nitrogens is 1. The van der Waals surface area contributed by atoms with Crippen LogP contribution in [0.3, 0.4) is 0 Å². The number of hydrogen-bond acceptors (Lipinski definition) is 5. The van der Waals surface area contributed by atoms with Gasteiger partial charge in [-0.25, -0.2) is 4.79 Å². The van der Waals surface area contributed by atoms with E-state index in [1.165, 1.54) is 0 Å². The molecular formula is C23H31N3O4. The minimum atomic E-state index is -0.519. The molecule has 1 heterocycles. The molecule has 0 aliphatic heterocycles. The number of hydrogen-bond donors (Lipinski definition) is 2. The normalized spacial score (nSPS) is 19.2. The van der Waals surface area contributed by atoms with Gasteiger partial charge in [-0.3, -0.25) is 9.78 Å². The number of nitrogens with one attached hydrogen (secondary N) is 2. The Kier molecular flexibility index (Phi) is 6.80. The predicted molar refractivity (Wildman–Crippen MR) is 117 cm³/mol. The van der Waals surface area contributed by atoms with Gasteiger partial charge < -0.3 is 20.1 Å². The van der Waals surface area contributed by atoms with Gasteiger partial charge in [0.05, 0.1) is 24.5 Å². The number of nitrogens with zero attached hydrogens (tertiary/aromatic N) is 1. The Morgan fingerprint density at radius 2 is 2.03 bits per heavy atom. The number of carbonyl (C=O) groups is 2. The van der Waals surface area contributed by atoms with Crippen LogP contribution in [0, 0.1) is 11.8 Å². The van der Waals surface area contributed by atoms with Crippen LogP contribution in [0.1, 0.15) is 46.5 Å². The lowest BCUT2D eigenvalue weighted by molar-refractivity contribution is -0.121. The highest BCUT2D eigenvalue weighted by molar-refractivity contribution is 6.02. The van der Waals surface area contributed by atoms with E-state index in [9.17, 15) is 9.59 Å². The number of benzene rings is 1. The lowest BCUT2D eigenvalue weighted by Gasteiger charge is -2.29. The number of pyridine rings is 1. The Labute approximate surface area is 177 Å². The second-order valence-corrected chi connectivity index (χ2v) is 8.85. The molecule has 3 rings (SSSR count). The topological polar surface area (TPSA) is 89.5 Å². The summed E-state index contributed by atoms with van der Waals surface area (Å²) in [5, 5.41) is 6.77. The van der Waals surface area contributed by atoms with Gasteiger partial charge in [0.1, 0.15) is 11.4 Å². The summed E-state index contributed by atoms with van der Waals surface area (Å²) in [6.07, 6.45) is 4.80. The van der Waals surface area contributed by atoms with E-state index in [1.807, 2.05) is 45.0 Å². The molecule has 30 heavy (non-hydrogen) atoms. The van der Waals surface area contributed by atoms with Crippen LogP contribution in [-0.2, 0) is 9.53 Å². The molecule has 7 nitrogen and oxygen atoms in total. The van der Waals surface area contributed by atoms with Crippen molar-refractivity contribution >= 4 is 28.6 Å². The van der Waals surface area contributed by atoms with Crippen LogP contribution in [0.5, 0.6) is 5.75 Å². The third-order valence-electron chi connectivity index (χ3n) is 5.28. The molecule has 2 unspecified atom stereocenters. The lowest BCUT2D eigenvalue weighted by Crippen LogP contribution is -2.37. The minimum absolute atomic E-state index is 0.00675. The fourth-order valence-electron chi connectivity index (χ4n) is 3.84. The summed E-state index contributed by atoms with van der Waals surface area (Å²) >= 11 is 0. The van der Waals surface area contributed by atoms with Crippen molar-refractivity contribution in [2.24, 2.45) is 11.8 Å². The van der Waals surface area contributed by atoms with E-state index < -0.39 is 11.7 Å². The van der Waals surface area contributed by atoms with Gasteiger partial charge in [-0.05, 0) is 64.2 Å². The predicted octanol–water partition coefficient (Wildman–Crippen LogP) is 4.51. The monoisotopic (exact) mass is 413 g/mol. The maximum Gasteiger partial charge on any atom is 0.407 e. The first kappa shape index (κ1) is 21.9. The van der Waals surface area contributed by atoms with E-state index in [2.05, 4.69) is 15.6 Å². The molecule has 7 heteroatoms. The standard InChI is InChI=1S/C23H31N3O4/c1-23(2,3)30-22(28)25-13-15-7-5-8-16(11-15)21(27)26-20-10-6-9-19-18(20)12-17(29-4)14-24-19/h6,9-10,12,14-16H,5,7-8,11,13H2,1-4H3,(H,25,28)(H,26,27). The third kappa shape index (κ3) is 5.84. The number of ether oxygens (including phenoxy) is 2. The van der Waals surface area contributed by atoms with Crippen molar-refractivity contribution < 1.29 is 19.1 Å². The van der Waals surface area contributed by atoms with E-state index >= 15 is 0 Å². The van der Waals surface area contributed by atoms with Crippen LogP contribution in [0.25, 0.3) is 10.9 Å². The summed E-state index contributed by atoms with van der Waals surface area (Å²) < 4.78 is 10.6. The Morgan fingerprint density at radius 3 is 2.77 bits per heavy atom. The third-order valence-corrected chi connectivity index (χ3v) is 5.28. The van der Waals surface area contributed by atoms with E-state index in [-0.39, 0.29) is 17.7 Å². The summed E-state index contributed by atoms with van der Waals surface area (Å²) in [6, 6.07) is 7.55. The average molecular weight is 414 g/mol. The summed E-state index contributed by atoms with van der Waals surface area (Å²) in [6.45, 7) is 6.04. The van der Waals surface area contributed by atoms with Gasteiger partial charge in [0, 0.05) is 17.8 Å². The van der Waals surface area contributed by atoms with Crippen molar-refractivity contribution in [2.45, 2.75) is 52.1 Å². The quantitative estimate of drug-likeness (QED) is 0.753. The van der Waals surface area contributed by atoms with Crippen LogP contribution in [0.2, 0.25) is 0 Å². The molecule has 1 aromatic carbocycles. The number of fused-ring (bicyclic) bond motifs is 1. The molecule has 0 spiro atoms. The molecule has 2 N–H and O–H groups in total. The van der Waals surface area contributed by atoms with Gasteiger partial charge in [0.2, 0.25) is 5.91 Å². The number of anilines is 1. The Balaban J connectivity index is 1.61. The van der Waals surface area contributed by atoms with Crippen molar-refractivity contribution in [1.82, 2.24) is 10.3 Å². The van der Waals surface area contributed by atoms with Gasteiger partial charge in [0.15, 0.2) is 0 Å². The zero-order chi connectivity index (χ0) is 21.7. The van der Waals surface area contributed by atoms with Crippen LogP contribution < -0.4 is 15.4 Å². The molecule has 2 atom stereocenters. The first-order chi connectivity index (χ1) is 14.2. The van der Waals surface area contributed by atoms with Gasteiger partial charge in [-0.1, -0.05) is 12.5 Å². The van der Waals surface area contributed by atoms with Gasteiger partial charge >= 0.3 is 6.09 Å². The van der Waals surface area contributed by atoms with E-state index in [4.69, 9.17) is 9.47 Å². The van der Waals surface area contributed by atoms with Crippen LogP contribution in [0.4, 0.5) is 10.5 Å². The van der Waals surface area contributed by atoms with Crippen molar-refractivity contribution in [3.05, 3.63) is 30.5 Å². The average Bonchev–Trinajstić information content (AvgIpc) is 2.71. The number of carbonyl (C=O) groups excluding carboxylic acids is 2. The summed E-state index contributed by atoms with van der Waals surface area (Å²) in [7, 11) is 1.59. The Bertz CT molecular complexity index is 907. The molecule has 0 saturated heterocycles. The molecule has 1 saturated carbocycles. The number of rotatable bonds is 5.